The number of halogens is 1. The van der Waals surface area contributed by atoms with Gasteiger partial charge in [0.2, 0.25) is 0 Å². The molecule has 29 heavy (non-hydrogen) atoms. The molecule has 0 aliphatic carbocycles. The van der Waals surface area contributed by atoms with E-state index in [9.17, 15) is 4.79 Å². The number of piperidine rings is 2. The Bertz CT molecular complexity index is 814. The van der Waals surface area contributed by atoms with Crippen molar-refractivity contribution in [3.63, 3.8) is 0 Å². The van der Waals surface area contributed by atoms with Crippen LogP contribution in [0.2, 0.25) is 5.02 Å². The highest BCUT2D eigenvalue weighted by atomic mass is 35.5. The summed E-state index contributed by atoms with van der Waals surface area (Å²) >= 11 is 5.99. The number of likely N-dealkylation sites (tertiary alicyclic amines) is 2. The van der Waals surface area contributed by atoms with Crippen molar-refractivity contribution in [1.82, 2.24) is 20.3 Å². The first-order valence-corrected chi connectivity index (χ1v) is 10.9. The molecule has 2 aromatic rings. The number of H-pyrrole nitrogens is 1. The molecule has 2 aliphatic heterocycles. The number of aromatic amines is 1. The van der Waals surface area contributed by atoms with Crippen LogP contribution >= 0.6 is 11.6 Å². The smallest absolute Gasteiger partial charge is 0.260 e. The lowest BCUT2D eigenvalue weighted by Crippen LogP contribution is -2.53. The Morgan fingerprint density at radius 3 is 2.55 bits per heavy atom. The van der Waals surface area contributed by atoms with Crippen LogP contribution < -0.4 is 5.48 Å². The second-order valence-electron chi connectivity index (χ2n) is 8.17. The molecule has 3 N–H and O–H groups in total. The summed E-state index contributed by atoms with van der Waals surface area (Å²) in [4.78, 5) is 20.2. The Balaban J connectivity index is 1.32. The first kappa shape index (κ1) is 20.4. The minimum atomic E-state index is -0.277. The van der Waals surface area contributed by atoms with Crippen LogP contribution in [-0.4, -0.2) is 58.2 Å². The third-order valence-corrected chi connectivity index (χ3v) is 6.55. The molecule has 1 atom stereocenters. The molecule has 4 rings (SSSR count). The summed E-state index contributed by atoms with van der Waals surface area (Å²) in [5.74, 6) is 0.255. The molecule has 0 saturated carbocycles. The molecule has 2 aliphatic rings. The zero-order valence-electron chi connectivity index (χ0n) is 16.6. The Morgan fingerprint density at radius 2 is 1.83 bits per heavy atom. The van der Waals surface area contributed by atoms with Crippen molar-refractivity contribution in [2.24, 2.45) is 0 Å². The maximum absolute atomic E-state index is 12.0. The van der Waals surface area contributed by atoms with Gasteiger partial charge in [-0.25, -0.2) is 5.48 Å². The molecule has 7 heteroatoms. The number of nitrogens with one attached hydrogen (secondary N) is 2. The summed E-state index contributed by atoms with van der Waals surface area (Å²) in [6.07, 6.45) is 5.18. The number of hydrogen-bond donors (Lipinski definition) is 3. The minimum absolute atomic E-state index is 0.211. The van der Waals surface area contributed by atoms with Gasteiger partial charge in [-0.3, -0.25) is 19.8 Å². The highest BCUT2D eigenvalue weighted by Crippen LogP contribution is 2.30. The van der Waals surface area contributed by atoms with Crippen LogP contribution in [0.15, 0.2) is 36.4 Å². The SMILES string of the molecule is O=C(NO)[C@H]1CCCCN1CN1CCC(c2ccc(-c3ccc(Cl)cc3)[nH]2)CC1. The number of benzene rings is 1. The maximum atomic E-state index is 12.0. The van der Waals surface area contributed by atoms with Gasteiger partial charge in [0.25, 0.3) is 5.91 Å². The van der Waals surface area contributed by atoms with Gasteiger partial charge in [-0.05, 0) is 55.5 Å². The van der Waals surface area contributed by atoms with E-state index >= 15 is 0 Å². The molecule has 0 bridgehead atoms. The van der Waals surface area contributed by atoms with E-state index < -0.39 is 0 Å². The Morgan fingerprint density at radius 1 is 1.07 bits per heavy atom. The highest BCUT2D eigenvalue weighted by Gasteiger charge is 2.31. The molecule has 0 radical (unpaired) electrons. The summed E-state index contributed by atoms with van der Waals surface area (Å²) in [6.45, 7) is 3.75. The molecule has 2 fully saturated rings. The summed E-state index contributed by atoms with van der Waals surface area (Å²) in [5.41, 5.74) is 5.41. The van der Waals surface area contributed by atoms with Gasteiger partial charge in [0.15, 0.2) is 0 Å². The standard InChI is InChI=1S/C22H29ClN4O2/c23-18-6-4-16(5-7-18)19-8-9-20(24-19)17-10-13-26(14-11-17)15-27-12-2-1-3-21(27)22(28)25-29/h4-9,17,21,24,29H,1-3,10-15H2,(H,25,28)/t21-/m1/s1. The summed E-state index contributed by atoms with van der Waals surface area (Å²) < 4.78 is 0. The molecule has 1 aromatic heterocycles. The molecule has 1 amide bonds. The lowest BCUT2D eigenvalue weighted by molar-refractivity contribution is -0.137. The second-order valence-corrected chi connectivity index (χ2v) is 8.60. The lowest BCUT2D eigenvalue weighted by Gasteiger charge is -2.40. The van der Waals surface area contributed by atoms with E-state index in [1.54, 1.807) is 0 Å². The number of amides is 1. The van der Waals surface area contributed by atoms with Gasteiger partial charge in [0, 0.05) is 42.0 Å². The molecule has 6 nitrogen and oxygen atoms in total. The number of carbonyl (C=O) groups excluding carboxylic acids is 1. The average molecular weight is 417 g/mol. The van der Waals surface area contributed by atoms with Crippen molar-refractivity contribution >= 4 is 17.5 Å². The number of hydroxylamine groups is 1. The van der Waals surface area contributed by atoms with Crippen LogP contribution in [0.25, 0.3) is 11.3 Å². The predicted octanol–water partition coefficient (Wildman–Crippen LogP) is 3.83. The lowest BCUT2D eigenvalue weighted by atomic mass is 9.94. The third kappa shape index (κ3) is 4.83. The van der Waals surface area contributed by atoms with Crippen molar-refractivity contribution in [3.05, 3.63) is 47.1 Å². The van der Waals surface area contributed by atoms with Crippen molar-refractivity contribution < 1.29 is 10.0 Å². The van der Waals surface area contributed by atoms with Gasteiger partial charge >= 0.3 is 0 Å². The van der Waals surface area contributed by atoms with Gasteiger partial charge in [0.1, 0.15) is 0 Å². The fraction of sp³-hybridized carbons (Fsp3) is 0.500. The van der Waals surface area contributed by atoms with E-state index in [2.05, 4.69) is 26.9 Å². The summed E-state index contributed by atoms with van der Waals surface area (Å²) in [6, 6.07) is 12.1. The summed E-state index contributed by atoms with van der Waals surface area (Å²) in [7, 11) is 0. The zero-order valence-corrected chi connectivity index (χ0v) is 17.4. The first-order chi connectivity index (χ1) is 14.1. The van der Waals surface area contributed by atoms with Crippen LogP contribution in [0.1, 0.15) is 43.7 Å². The first-order valence-electron chi connectivity index (χ1n) is 10.5. The van der Waals surface area contributed by atoms with Gasteiger partial charge in [-0.2, -0.15) is 0 Å². The van der Waals surface area contributed by atoms with E-state index in [0.717, 1.165) is 74.7 Å². The zero-order chi connectivity index (χ0) is 20.2. The van der Waals surface area contributed by atoms with Crippen LogP contribution in [0, 0.1) is 0 Å². The molecule has 1 aromatic carbocycles. The van der Waals surface area contributed by atoms with E-state index in [0.29, 0.717) is 5.92 Å². The highest BCUT2D eigenvalue weighted by molar-refractivity contribution is 6.30. The van der Waals surface area contributed by atoms with Gasteiger partial charge in [0.05, 0.1) is 12.7 Å². The Hall–Kier alpha value is -1.86. The van der Waals surface area contributed by atoms with Crippen LogP contribution in [-0.2, 0) is 4.79 Å². The van der Waals surface area contributed by atoms with Gasteiger partial charge in [-0.1, -0.05) is 30.2 Å². The Labute approximate surface area is 176 Å². The molecule has 3 heterocycles. The van der Waals surface area contributed by atoms with Crippen LogP contribution in [0.3, 0.4) is 0 Å². The quantitative estimate of drug-likeness (QED) is 0.511. The summed E-state index contributed by atoms with van der Waals surface area (Å²) in [5, 5.41) is 9.77. The van der Waals surface area contributed by atoms with Crippen molar-refractivity contribution in [1.29, 1.82) is 0 Å². The predicted molar refractivity (Wildman–Crippen MR) is 114 cm³/mol. The van der Waals surface area contributed by atoms with Crippen LogP contribution in [0.5, 0.6) is 0 Å². The van der Waals surface area contributed by atoms with E-state index in [-0.39, 0.29) is 11.9 Å². The molecular formula is C22H29ClN4O2. The van der Waals surface area contributed by atoms with E-state index in [1.807, 2.05) is 29.7 Å². The van der Waals surface area contributed by atoms with Gasteiger partial charge < -0.3 is 4.98 Å². The maximum Gasteiger partial charge on any atom is 0.260 e. The topological polar surface area (TPSA) is 71.6 Å². The molecule has 0 unspecified atom stereocenters. The molecule has 2 saturated heterocycles. The normalized spacial score (nSPS) is 21.9. The fourth-order valence-electron chi connectivity index (χ4n) is 4.62. The Kier molecular flexibility index (Phi) is 6.55. The van der Waals surface area contributed by atoms with E-state index in [4.69, 9.17) is 16.8 Å². The largest absolute Gasteiger partial charge is 0.358 e. The van der Waals surface area contributed by atoms with E-state index in [1.165, 1.54) is 5.69 Å². The minimum Gasteiger partial charge on any atom is -0.358 e. The molecule has 156 valence electrons. The molecular weight excluding hydrogens is 388 g/mol. The third-order valence-electron chi connectivity index (χ3n) is 6.30. The number of carbonyl (C=O) groups is 1. The number of aromatic nitrogens is 1. The number of rotatable bonds is 5. The monoisotopic (exact) mass is 416 g/mol. The van der Waals surface area contributed by atoms with Gasteiger partial charge in [-0.15, -0.1) is 0 Å². The number of hydrogen-bond acceptors (Lipinski definition) is 4. The van der Waals surface area contributed by atoms with Crippen molar-refractivity contribution in [2.75, 3.05) is 26.3 Å². The van der Waals surface area contributed by atoms with Crippen molar-refractivity contribution in [3.8, 4) is 11.3 Å². The van der Waals surface area contributed by atoms with Crippen molar-refractivity contribution in [2.45, 2.75) is 44.1 Å². The fourth-order valence-corrected chi connectivity index (χ4v) is 4.75. The number of nitrogens with zero attached hydrogens (tertiary/aromatic N) is 2. The second kappa shape index (κ2) is 9.30. The average Bonchev–Trinajstić information content (AvgIpc) is 3.25. The molecule has 0 spiro atoms. The van der Waals surface area contributed by atoms with Crippen LogP contribution in [0.4, 0.5) is 0 Å².